The number of ether oxygens (including phenoxy) is 2. The number of hydrogen-bond acceptors (Lipinski definition) is 8. The van der Waals surface area contributed by atoms with Crippen LogP contribution in [0.25, 0.3) is 0 Å². The summed E-state index contributed by atoms with van der Waals surface area (Å²) in [6.07, 6.45) is 1.41. The van der Waals surface area contributed by atoms with Crippen LogP contribution in [-0.2, 0) is 11.2 Å². The number of hydrogen-bond donors (Lipinski definition) is 2. The Kier molecular flexibility index (Phi) is 9.48. The van der Waals surface area contributed by atoms with Gasteiger partial charge in [-0.3, -0.25) is 14.9 Å². The maximum atomic E-state index is 13.7. The largest absolute Gasteiger partial charge is 0.490 e. The predicted molar refractivity (Wildman–Crippen MR) is 145 cm³/mol. The van der Waals surface area contributed by atoms with Crippen molar-refractivity contribution < 1.29 is 23.5 Å². The van der Waals surface area contributed by atoms with Crippen LogP contribution in [0.4, 0.5) is 9.52 Å². The van der Waals surface area contributed by atoms with Gasteiger partial charge in [-0.15, -0.1) is 10.2 Å². The SMILES string of the molecule is O=C(Cc1nnc(NC(=O)c2ccccc2F)s1)NN=Cc1ccc(OCCOc2ccc(Br)cc2)cc1. The molecule has 2 amide bonds. The van der Waals surface area contributed by atoms with Crippen LogP contribution in [0, 0.1) is 5.82 Å². The second kappa shape index (κ2) is 13.4. The van der Waals surface area contributed by atoms with Gasteiger partial charge in [0.25, 0.3) is 5.91 Å². The number of nitrogens with zero attached hydrogens (tertiary/aromatic N) is 3. The lowest BCUT2D eigenvalue weighted by Crippen LogP contribution is -2.19. The summed E-state index contributed by atoms with van der Waals surface area (Å²) in [5.74, 6) is -0.250. The van der Waals surface area contributed by atoms with Crippen LogP contribution in [0.1, 0.15) is 20.9 Å². The van der Waals surface area contributed by atoms with Crippen molar-refractivity contribution >= 4 is 50.4 Å². The van der Waals surface area contributed by atoms with Crippen LogP contribution < -0.4 is 20.2 Å². The molecule has 2 N–H and O–H groups in total. The number of amides is 2. The van der Waals surface area contributed by atoms with E-state index in [0.29, 0.717) is 24.0 Å². The Morgan fingerprint density at radius 1 is 0.947 bits per heavy atom. The molecular formula is C26H21BrFN5O4S. The van der Waals surface area contributed by atoms with E-state index in [-0.39, 0.29) is 17.1 Å². The van der Waals surface area contributed by atoms with E-state index < -0.39 is 17.6 Å². The minimum Gasteiger partial charge on any atom is -0.490 e. The van der Waals surface area contributed by atoms with Crippen LogP contribution in [-0.4, -0.2) is 41.4 Å². The summed E-state index contributed by atoms with van der Waals surface area (Å²) >= 11 is 4.39. The predicted octanol–water partition coefficient (Wildman–Crippen LogP) is 4.84. The molecule has 0 fully saturated rings. The summed E-state index contributed by atoms with van der Waals surface area (Å²) in [6.45, 7) is 0.796. The highest BCUT2D eigenvalue weighted by molar-refractivity contribution is 9.10. The fourth-order valence-electron chi connectivity index (χ4n) is 3.04. The summed E-state index contributed by atoms with van der Waals surface area (Å²) in [6, 6.07) is 20.3. The van der Waals surface area contributed by atoms with Gasteiger partial charge in [-0.1, -0.05) is 39.4 Å². The number of halogens is 2. The first-order valence-corrected chi connectivity index (χ1v) is 12.9. The molecule has 194 valence electrons. The minimum atomic E-state index is -0.648. The number of carbonyl (C=O) groups excluding carboxylic acids is 2. The lowest BCUT2D eigenvalue weighted by molar-refractivity contribution is -0.120. The van der Waals surface area contributed by atoms with Crippen LogP contribution >= 0.6 is 27.3 Å². The van der Waals surface area contributed by atoms with Gasteiger partial charge in [0.1, 0.15) is 35.5 Å². The number of benzene rings is 3. The van der Waals surface area contributed by atoms with Crippen molar-refractivity contribution in [3.63, 3.8) is 0 Å². The zero-order valence-corrected chi connectivity index (χ0v) is 22.2. The van der Waals surface area contributed by atoms with Crippen molar-refractivity contribution in [3.8, 4) is 11.5 Å². The van der Waals surface area contributed by atoms with Crippen LogP contribution in [0.5, 0.6) is 11.5 Å². The molecule has 4 aromatic rings. The number of carbonyl (C=O) groups is 2. The molecule has 3 aromatic carbocycles. The second-order valence-corrected chi connectivity index (χ2v) is 9.60. The smallest absolute Gasteiger partial charge is 0.260 e. The molecular weight excluding hydrogens is 577 g/mol. The Hall–Kier alpha value is -4.16. The van der Waals surface area contributed by atoms with Gasteiger partial charge in [-0.05, 0) is 66.2 Å². The third-order valence-corrected chi connectivity index (χ3v) is 6.20. The van der Waals surface area contributed by atoms with Crippen molar-refractivity contribution in [2.75, 3.05) is 18.5 Å². The minimum absolute atomic E-state index is 0.0837. The molecule has 12 heteroatoms. The Morgan fingerprint density at radius 3 is 2.29 bits per heavy atom. The number of nitrogens with one attached hydrogen (secondary N) is 2. The first-order chi connectivity index (χ1) is 18.5. The average molecular weight is 598 g/mol. The quantitative estimate of drug-likeness (QED) is 0.145. The summed E-state index contributed by atoms with van der Waals surface area (Å²) in [5, 5.41) is 14.6. The fraction of sp³-hybridized carbons (Fsp3) is 0.115. The molecule has 0 saturated carbocycles. The molecule has 0 bridgehead atoms. The maximum absolute atomic E-state index is 13.7. The molecule has 4 rings (SSSR count). The van der Waals surface area contributed by atoms with E-state index in [1.807, 2.05) is 24.3 Å². The molecule has 1 heterocycles. The molecule has 38 heavy (non-hydrogen) atoms. The molecule has 0 atom stereocenters. The number of anilines is 1. The normalized spacial score (nSPS) is 10.8. The third-order valence-electron chi connectivity index (χ3n) is 4.83. The molecule has 0 spiro atoms. The van der Waals surface area contributed by atoms with E-state index in [1.54, 1.807) is 30.3 Å². The van der Waals surface area contributed by atoms with Gasteiger partial charge in [0, 0.05) is 4.47 Å². The van der Waals surface area contributed by atoms with E-state index >= 15 is 0 Å². The highest BCUT2D eigenvalue weighted by Gasteiger charge is 2.15. The van der Waals surface area contributed by atoms with Gasteiger partial charge >= 0.3 is 0 Å². The number of rotatable bonds is 11. The zero-order valence-electron chi connectivity index (χ0n) is 19.8. The highest BCUT2D eigenvalue weighted by atomic mass is 79.9. The molecule has 0 saturated heterocycles. The summed E-state index contributed by atoms with van der Waals surface area (Å²) in [5.41, 5.74) is 3.07. The van der Waals surface area contributed by atoms with Crippen molar-refractivity contribution in [1.82, 2.24) is 15.6 Å². The van der Waals surface area contributed by atoms with Gasteiger partial charge in [0.2, 0.25) is 11.0 Å². The standard InChI is InChI=1S/C26H21BrFN5O4S/c27-18-7-11-20(12-8-18)37-14-13-36-19-9-5-17(6-10-19)16-29-31-23(34)15-24-32-33-26(38-24)30-25(35)21-3-1-2-4-22(21)28/h1-12,16H,13-15H2,(H,31,34)(H,30,33,35). The fourth-order valence-corrected chi connectivity index (χ4v) is 4.04. The first-order valence-electron chi connectivity index (χ1n) is 11.3. The number of aromatic nitrogens is 2. The van der Waals surface area contributed by atoms with E-state index in [0.717, 1.165) is 27.1 Å². The first kappa shape index (κ1) is 26.9. The molecule has 9 nitrogen and oxygen atoms in total. The Morgan fingerprint density at radius 2 is 1.61 bits per heavy atom. The van der Waals surface area contributed by atoms with Crippen molar-refractivity contribution in [2.45, 2.75) is 6.42 Å². The van der Waals surface area contributed by atoms with Gasteiger partial charge in [-0.25, -0.2) is 9.82 Å². The maximum Gasteiger partial charge on any atom is 0.260 e. The number of hydrazone groups is 1. The average Bonchev–Trinajstić information content (AvgIpc) is 3.35. The van der Waals surface area contributed by atoms with E-state index in [9.17, 15) is 14.0 Å². The molecule has 0 unspecified atom stereocenters. The lowest BCUT2D eigenvalue weighted by Gasteiger charge is -2.08. The van der Waals surface area contributed by atoms with Gasteiger partial charge in [-0.2, -0.15) is 5.10 Å². The Bertz CT molecular complexity index is 1410. The van der Waals surface area contributed by atoms with E-state index in [1.165, 1.54) is 24.4 Å². The molecule has 1 aromatic heterocycles. The lowest BCUT2D eigenvalue weighted by atomic mass is 10.2. The third kappa shape index (κ3) is 8.18. The van der Waals surface area contributed by atoms with Crippen LogP contribution in [0.15, 0.2) is 82.4 Å². The van der Waals surface area contributed by atoms with Gasteiger partial charge in [0.15, 0.2) is 0 Å². The summed E-state index contributed by atoms with van der Waals surface area (Å²) in [7, 11) is 0. The van der Waals surface area contributed by atoms with Crippen molar-refractivity contribution in [1.29, 1.82) is 0 Å². The second-order valence-electron chi connectivity index (χ2n) is 7.62. The van der Waals surface area contributed by atoms with Crippen molar-refractivity contribution in [2.24, 2.45) is 5.10 Å². The highest BCUT2D eigenvalue weighted by Crippen LogP contribution is 2.18. The van der Waals surface area contributed by atoms with E-state index in [4.69, 9.17) is 9.47 Å². The topological polar surface area (TPSA) is 115 Å². The summed E-state index contributed by atoms with van der Waals surface area (Å²) in [4.78, 5) is 24.3. The molecule has 0 aliphatic heterocycles. The molecule has 0 aliphatic carbocycles. The van der Waals surface area contributed by atoms with E-state index in [2.05, 4.69) is 42.0 Å². The Labute approximate surface area is 229 Å². The van der Waals surface area contributed by atoms with Gasteiger partial charge < -0.3 is 9.47 Å². The molecule has 0 aliphatic rings. The van der Waals surface area contributed by atoms with Gasteiger partial charge in [0.05, 0.1) is 18.2 Å². The van der Waals surface area contributed by atoms with Crippen molar-refractivity contribution in [3.05, 3.63) is 99.2 Å². The zero-order chi connectivity index (χ0) is 26.7. The van der Waals surface area contributed by atoms with Crippen LogP contribution in [0.3, 0.4) is 0 Å². The Balaban J connectivity index is 1.17. The summed E-state index contributed by atoms with van der Waals surface area (Å²) < 4.78 is 26.0. The van der Waals surface area contributed by atoms with Crippen LogP contribution in [0.2, 0.25) is 0 Å². The monoisotopic (exact) mass is 597 g/mol. The molecule has 0 radical (unpaired) electrons.